The zero-order valence-corrected chi connectivity index (χ0v) is 19.6. The number of thiophene rings is 2. The lowest BCUT2D eigenvalue weighted by Crippen LogP contribution is -2.44. The maximum absolute atomic E-state index is 13.5. The van der Waals surface area contributed by atoms with Gasteiger partial charge in [-0.2, -0.15) is 5.10 Å². The number of piperidine rings is 1. The normalized spacial score (nSPS) is 25.7. The minimum absolute atomic E-state index is 0.0207. The standard InChI is InChI=1S/C24H28N4O2S2/c25-24(30)16-8-10-27(11-9-16)15-21(29)28-23(20-7-3-13-32-20)19-6-1-4-17(22(19)26-28)14-18-5-2-12-31-18/h2-3,5,7,12-14,16,19,23H,1,4,6,8-11,15H2,(H2,25,30)/b17-14-. The highest BCUT2D eigenvalue weighted by Gasteiger charge is 2.44. The van der Waals surface area contributed by atoms with Gasteiger partial charge in [0.1, 0.15) is 0 Å². The average Bonchev–Trinajstić information content (AvgIpc) is 3.55. The molecule has 0 spiro atoms. The highest BCUT2D eigenvalue weighted by molar-refractivity contribution is 7.11. The van der Waals surface area contributed by atoms with Crippen molar-refractivity contribution in [3.05, 3.63) is 50.4 Å². The molecule has 2 aromatic rings. The first kappa shape index (κ1) is 21.6. The molecule has 1 saturated carbocycles. The third kappa shape index (κ3) is 4.31. The van der Waals surface area contributed by atoms with E-state index >= 15 is 0 Å². The Balaban J connectivity index is 1.38. The Bertz CT molecular complexity index is 1020. The number of likely N-dealkylation sites (tertiary alicyclic amines) is 1. The van der Waals surface area contributed by atoms with Crippen molar-refractivity contribution in [1.29, 1.82) is 0 Å². The van der Waals surface area contributed by atoms with Gasteiger partial charge in [0.05, 0.1) is 18.3 Å². The van der Waals surface area contributed by atoms with Gasteiger partial charge in [-0.05, 0) is 79.7 Å². The monoisotopic (exact) mass is 468 g/mol. The average molecular weight is 469 g/mol. The van der Waals surface area contributed by atoms with E-state index in [1.165, 1.54) is 15.3 Å². The Labute approximate surface area is 196 Å². The van der Waals surface area contributed by atoms with Crippen molar-refractivity contribution >= 4 is 46.3 Å². The van der Waals surface area contributed by atoms with E-state index in [0.717, 1.165) is 50.9 Å². The number of amides is 2. The van der Waals surface area contributed by atoms with Crippen LogP contribution >= 0.6 is 22.7 Å². The maximum Gasteiger partial charge on any atom is 0.257 e. The van der Waals surface area contributed by atoms with Crippen LogP contribution in [0, 0.1) is 11.8 Å². The number of rotatable bonds is 5. The van der Waals surface area contributed by atoms with Crippen LogP contribution in [-0.2, 0) is 9.59 Å². The molecule has 0 bridgehead atoms. The number of nitrogens with two attached hydrogens (primary N) is 1. The van der Waals surface area contributed by atoms with Crippen LogP contribution in [0.15, 0.2) is 45.7 Å². The van der Waals surface area contributed by atoms with Crippen LogP contribution in [0.5, 0.6) is 0 Å². The van der Waals surface area contributed by atoms with E-state index < -0.39 is 0 Å². The number of nitrogens with zero attached hydrogens (tertiary/aromatic N) is 3. The molecule has 2 amide bonds. The quantitative estimate of drug-likeness (QED) is 0.717. The summed E-state index contributed by atoms with van der Waals surface area (Å²) >= 11 is 3.44. The van der Waals surface area contributed by atoms with E-state index in [1.54, 1.807) is 27.7 Å². The fourth-order valence-electron chi connectivity index (χ4n) is 5.13. The van der Waals surface area contributed by atoms with Crippen LogP contribution in [0.25, 0.3) is 6.08 Å². The maximum atomic E-state index is 13.5. The van der Waals surface area contributed by atoms with Gasteiger partial charge in [0.25, 0.3) is 5.91 Å². The summed E-state index contributed by atoms with van der Waals surface area (Å²) in [5, 5.41) is 10.9. The third-order valence-electron chi connectivity index (χ3n) is 6.80. The van der Waals surface area contributed by atoms with Crippen LogP contribution in [0.3, 0.4) is 0 Å². The first-order chi connectivity index (χ1) is 15.6. The van der Waals surface area contributed by atoms with Crippen molar-refractivity contribution in [2.45, 2.75) is 38.1 Å². The summed E-state index contributed by atoms with van der Waals surface area (Å²) in [5.74, 6) is -0.00895. The first-order valence-electron chi connectivity index (χ1n) is 11.3. The number of allylic oxidation sites excluding steroid dienone is 1. The minimum Gasteiger partial charge on any atom is -0.369 e. The number of fused-ring (bicyclic) bond motifs is 1. The predicted molar refractivity (Wildman–Crippen MR) is 129 cm³/mol. The van der Waals surface area contributed by atoms with Crippen LogP contribution < -0.4 is 5.73 Å². The molecule has 2 aliphatic heterocycles. The molecule has 6 nitrogen and oxygen atoms in total. The van der Waals surface area contributed by atoms with E-state index in [9.17, 15) is 9.59 Å². The molecule has 2 N–H and O–H groups in total. The molecule has 0 radical (unpaired) electrons. The van der Waals surface area contributed by atoms with E-state index in [-0.39, 0.29) is 29.7 Å². The molecule has 168 valence electrons. The van der Waals surface area contributed by atoms with Crippen molar-refractivity contribution in [1.82, 2.24) is 9.91 Å². The number of carbonyl (C=O) groups is 2. The van der Waals surface area contributed by atoms with Crippen molar-refractivity contribution < 1.29 is 9.59 Å². The van der Waals surface area contributed by atoms with Gasteiger partial charge in [-0.15, -0.1) is 22.7 Å². The second kappa shape index (κ2) is 9.29. The lowest BCUT2D eigenvalue weighted by Gasteiger charge is -2.32. The molecule has 3 aliphatic rings. The Hall–Kier alpha value is -2.29. The molecular weight excluding hydrogens is 440 g/mol. The Kier molecular flexibility index (Phi) is 6.26. The molecule has 2 aromatic heterocycles. The highest BCUT2D eigenvalue weighted by Crippen LogP contribution is 2.45. The van der Waals surface area contributed by atoms with Crippen molar-refractivity contribution in [2.75, 3.05) is 19.6 Å². The van der Waals surface area contributed by atoms with Gasteiger partial charge in [-0.25, -0.2) is 5.01 Å². The number of primary amides is 1. The van der Waals surface area contributed by atoms with Crippen LogP contribution in [-0.4, -0.2) is 47.1 Å². The smallest absolute Gasteiger partial charge is 0.257 e. The zero-order valence-electron chi connectivity index (χ0n) is 18.0. The lowest BCUT2D eigenvalue weighted by molar-refractivity contribution is -0.135. The summed E-state index contributed by atoms with van der Waals surface area (Å²) < 4.78 is 0. The predicted octanol–water partition coefficient (Wildman–Crippen LogP) is 4.13. The number of hydrogen-bond donors (Lipinski definition) is 1. The zero-order chi connectivity index (χ0) is 22.1. The highest BCUT2D eigenvalue weighted by atomic mass is 32.1. The SMILES string of the molecule is NC(=O)C1CCN(CC(=O)N2N=C3/C(=C\c4cccs4)CCCC3C2c2cccs2)CC1. The number of hydrazone groups is 1. The molecule has 0 aromatic carbocycles. The minimum atomic E-state index is -0.228. The summed E-state index contributed by atoms with van der Waals surface area (Å²) in [5.41, 5.74) is 7.81. The van der Waals surface area contributed by atoms with E-state index in [1.807, 2.05) is 0 Å². The topological polar surface area (TPSA) is 79.0 Å². The Morgan fingerprint density at radius 1 is 1.12 bits per heavy atom. The fraction of sp³-hybridized carbons (Fsp3) is 0.458. The first-order valence-corrected chi connectivity index (χ1v) is 13.1. The fourth-order valence-corrected chi connectivity index (χ4v) is 6.69. The molecular formula is C24H28N4O2S2. The summed E-state index contributed by atoms with van der Waals surface area (Å²) in [6.07, 6.45) is 6.88. The molecule has 8 heteroatoms. The number of carbonyl (C=O) groups excluding carboxylic acids is 2. The largest absolute Gasteiger partial charge is 0.369 e. The molecule has 5 rings (SSSR count). The summed E-state index contributed by atoms with van der Waals surface area (Å²) in [7, 11) is 0. The van der Waals surface area contributed by atoms with Gasteiger partial charge >= 0.3 is 0 Å². The molecule has 4 heterocycles. The molecule has 32 heavy (non-hydrogen) atoms. The van der Waals surface area contributed by atoms with E-state index in [4.69, 9.17) is 10.8 Å². The molecule has 1 aliphatic carbocycles. The third-order valence-corrected chi connectivity index (χ3v) is 8.56. The van der Waals surface area contributed by atoms with Crippen molar-refractivity contribution in [3.8, 4) is 0 Å². The molecule has 2 fully saturated rings. The lowest BCUT2D eigenvalue weighted by atomic mass is 9.79. The van der Waals surface area contributed by atoms with Gasteiger partial charge in [0.2, 0.25) is 5.91 Å². The van der Waals surface area contributed by atoms with Crippen LogP contribution in [0.4, 0.5) is 0 Å². The summed E-state index contributed by atoms with van der Waals surface area (Å²) in [6, 6.07) is 8.36. The number of hydrogen-bond acceptors (Lipinski definition) is 6. The van der Waals surface area contributed by atoms with E-state index in [2.05, 4.69) is 46.0 Å². The summed E-state index contributed by atoms with van der Waals surface area (Å²) in [4.78, 5) is 29.5. The van der Waals surface area contributed by atoms with Crippen molar-refractivity contribution in [3.63, 3.8) is 0 Å². The molecule has 2 atom stereocenters. The van der Waals surface area contributed by atoms with Gasteiger partial charge in [-0.3, -0.25) is 14.5 Å². The molecule has 1 saturated heterocycles. The second-order valence-corrected chi connectivity index (χ2v) is 10.8. The summed E-state index contributed by atoms with van der Waals surface area (Å²) in [6.45, 7) is 1.78. The Morgan fingerprint density at radius 2 is 1.91 bits per heavy atom. The Morgan fingerprint density at radius 3 is 2.59 bits per heavy atom. The van der Waals surface area contributed by atoms with Gasteiger partial charge in [-0.1, -0.05) is 12.1 Å². The van der Waals surface area contributed by atoms with Gasteiger partial charge in [0, 0.05) is 21.6 Å². The van der Waals surface area contributed by atoms with Gasteiger partial charge < -0.3 is 5.73 Å². The second-order valence-electron chi connectivity index (χ2n) is 8.82. The van der Waals surface area contributed by atoms with Gasteiger partial charge in [0.15, 0.2) is 0 Å². The van der Waals surface area contributed by atoms with Crippen molar-refractivity contribution in [2.24, 2.45) is 22.7 Å². The van der Waals surface area contributed by atoms with Crippen LogP contribution in [0.1, 0.15) is 47.9 Å². The van der Waals surface area contributed by atoms with E-state index in [0.29, 0.717) is 6.54 Å². The molecule has 2 unspecified atom stereocenters. The van der Waals surface area contributed by atoms with Crippen LogP contribution in [0.2, 0.25) is 0 Å².